The Morgan fingerprint density at radius 3 is 2.81 bits per heavy atom. The van der Waals surface area contributed by atoms with Crippen molar-refractivity contribution in [1.82, 2.24) is 29.5 Å². The molecular weight excluding hydrogens is 406 g/mol. The molecule has 4 heterocycles. The summed E-state index contributed by atoms with van der Waals surface area (Å²) in [4.78, 5) is 22.4. The number of aromatic nitrogens is 5. The minimum atomic E-state index is -0.876. The van der Waals surface area contributed by atoms with Crippen LogP contribution in [0.3, 0.4) is 0 Å². The van der Waals surface area contributed by atoms with Gasteiger partial charge < -0.3 is 20.3 Å². The lowest BCUT2D eigenvalue weighted by molar-refractivity contribution is -0.0486. The zero-order valence-electron chi connectivity index (χ0n) is 18.6. The molecule has 5 rings (SSSR count). The summed E-state index contributed by atoms with van der Waals surface area (Å²) >= 11 is 0. The molecule has 1 fully saturated rings. The average Bonchev–Trinajstić information content (AvgIpc) is 3.38. The number of amides is 1. The van der Waals surface area contributed by atoms with Crippen LogP contribution in [0.2, 0.25) is 0 Å². The number of nitrogens with zero attached hydrogens (tertiary/aromatic N) is 5. The third-order valence-corrected chi connectivity index (χ3v) is 6.39. The van der Waals surface area contributed by atoms with Crippen molar-refractivity contribution in [2.45, 2.75) is 51.3 Å². The van der Waals surface area contributed by atoms with E-state index >= 15 is 0 Å². The highest BCUT2D eigenvalue weighted by Gasteiger charge is 2.42. The van der Waals surface area contributed by atoms with Gasteiger partial charge in [-0.1, -0.05) is 0 Å². The van der Waals surface area contributed by atoms with Crippen molar-refractivity contribution in [3.8, 4) is 11.3 Å². The molecule has 0 radical (unpaired) electrons. The average molecular weight is 434 g/mol. The molecule has 4 aromatic rings. The second kappa shape index (κ2) is 7.30. The van der Waals surface area contributed by atoms with Gasteiger partial charge in [-0.25, -0.2) is 9.97 Å². The number of rotatable bonds is 5. The third kappa shape index (κ3) is 3.12. The summed E-state index contributed by atoms with van der Waals surface area (Å²) in [5.41, 5.74) is 2.51. The van der Waals surface area contributed by atoms with E-state index in [4.69, 9.17) is 4.98 Å². The Kier molecular flexibility index (Phi) is 4.67. The number of anilines is 1. The van der Waals surface area contributed by atoms with E-state index in [0.29, 0.717) is 23.4 Å². The van der Waals surface area contributed by atoms with Crippen molar-refractivity contribution in [2.24, 2.45) is 0 Å². The molecule has 4 aromatic heterocycles. The van der Waals surface area contributed by atoms with Gasteiger partial charge in [-0.3, -0.25) is 4.79 Å². The van der Waals surface area contributed by atoms with Crippen LogP contribution in [0.15, 0.2) is 36.8 Å². The molecule has 0 bridgehead atoms. The minimum Gasteiger partial charge on any atom is -0.388 e. The van der Waals surface area contributed by atoms with Crippen molar-refractivity contribution in [1.29, 1.82) is 0 Å². The monoisotopic (exact) mass is 433 g/mol. The number of aliphatic hydroxyl groups is 1. The highest BCUT2D eigenvalue weighted by molar-refractivity contribution is 6.01. The molecule has 0 aromatic carbocycles. The normalized spacial score (nSPS) is 20.6. The summed E-state index contributed by atoms with van der Waals surface area (Å²) in [5, 5.41) is 21.7. The second-order valence-electron chi connectivity index (χ2n) is 8.91. The molecule has 32 heavy (non-hydrogen) atoms. The van der Waals surface area contributed by atoms with Crippen molar-refractivity contribution >= 4 is 28.4 Å². The zero-order chi connectivity index (χ0) is 22.6. The quantitative estimate of drug-likeness (QED) is 0.446. The number of nitrogens with one attached hydrogen (secondary N) is 2. The summed E-state index contributed by atoms with van der Waals surface area (Å²) in [6.07, 6.45) is 6.79. The van der Waals surface area contributed by atoms with Gasteiger partial charge in [-0.05, 0) is 45.7 Å². The molecule has 1 aliphatic carbocycles. The molecule has 0 saturated heterocycles. The van der Waals surface area contributed by atoms with E-state index in [1.165, 1.54) is 6.20 Å². The van der Waals surface area contributed by atoms with E-state index in [0.717, 1.165) is 28.7 Å². The minimum absolute atomic E-state index is 0.236. The molecule has 0 aliphatic heterocycles. The van der Waals surface area contributed by atoms with Crippen LogP contribution in [0.4, 0.5) is 5.82 Å². The van der Waals surface area contributed by atoms with E-state index in [1.54, 1.807) is 17.6 Å². The Morgan fingerprint density at radius 1 is 1.34 bits per heavy atom. The van der Waals surface area contributed by atoms with Crippen LogP contribution in [0.25, 0.3) is 27.9 Å². The Bertz CT molecular complexity index is 1340. The first-order chi connectivity index (χ1) is 15.3. The van der Waals surface area contributed by atoms with E-state index < -0.39 is 5.60 Å². The summed E-state index contributed by atoms with van der Waals surface area (Å²) in [6.45, 7) is 5.97. The smallest absolute Gasteiger partial charge is 0.257 e. The number of pyridine rings is 1. The fourth-order valence-electron chi connectivity index (χ4n) is 4.29. The maximum atomic E-state index is 13.0. The summed E-state index contributed by atoms with van der Waals surface area (Å²) in [7, 11) is 1.81. The number of carbonyl (C=O) groups excluding carboxylic acids is 1. The highest BCUT2D eigenvalue weighted by Crippen LogP contribution is 2.33. The largest absolute Gasteiger partial charge is 0.388 e. The molecule has 9 nitrogen and oxygen atoms in total. The topological polar surface area (TPSA) is 109 Å². The van der Waals surface area contributed by atoms with Crippen LogP contribution in [0, 0.1) is 0 Å². The fourth-order valence-corrected chi connectivity index (χ4v) is 4.29. The van der Waals surface area contributed by atoms with E-state index in [-0.39, 0.29) is 18.0 Å². The molecule has 1 amide bonds. The van der Waals surface area contributed by atoms with Gasteiger partial charge in [0, 0.05) is 42.5 Å². The number of fused-ring (bicyclic) bond motifs is 2. The van der Waals surface area contributed by atoms with Crippen molar-refractivity contribution in [3.05, 3.63) is 42.4 Å². The lowest BCUT2D eigenvalue weighted by Crippen LogP contribution is -2.58. The molecular formula is C23H27N7O2. The third-order valence-electron chi connectivity index (χ3n) is 6.39. The Balaban J connectivity index is 1.64. The fraction of sp³-hybridized carbons (Fsp3) is 0.391. The van der Waals surface area contributed by atoms with Gasteiger partial charge in [0.15, 0.2) is 5.65 Å². The van der Waals surface area contributed by atoms with Crippen LogP contribution in [-0.4, -0.2) is 53.9 Å². The van der Waals surface area contributed by atoms with Gasteiger partial charge in [0.1, 0.15) is 17.0 Å². The maximum Gasteiger partial charge on any atom is 0.257 e. The van der Waals surface area contributed by atoms with E-state index in [1.807, 2.05) is 25.2 Å². The van der Waals surface area contributed by atoms with Crippen LogP contribution in [0.1, 0.15) is 50.0 Å². The summed E-state index contributed by atoms with van der Waals surface area (Å²) in [5.74, 6) is 0.428. The van der Waals surface area contributed by atoms with Crippen molar-refractivity contribution < 1.29 is 9.90 Å². The molecule has 166 valence electrons. The lowest BCUT2D eigenvalue weighted by Gasteiger charge is -2.42. The van der Waals surface area contributed by atoms with Crippen LogP contribution >= 0.6 is 0 Å². The predicted octanol–water partition coefficient (Wildman–Crippen LogP) is 3.01. The first-order valence-electron chi connectivity index (χ1n) is 10.9. The standard InChI is InChI=1S/C23H27N7O2/c1-13(2)29-12-16(14-6-5-9-25-20(14)29)17-10-19(24-4)30-21(27-17)15(11-26-30)22(31)28-18-7-8-23(18,3)32/h5-6,9-13,18,24,32H,7-8H2,1-4H3,(H,28,31)/t18-,23+/m0/s1. The van der Waals surface area contributed by atoms with Gasteiger partial charge in [-0.15, -0.1) is 0 Å². The Hall–Kier alpha value is -3.46. The number of hydrogen-bond donors (Lipinski definition) is 3. The first-order valence-corrected chi connectivity index (χ1v) is 10.9. The molecule has 9 heteroatoms. The van der Waals surface area contributed by atoms with Crippen LogP contribution in [0.5, 0.6) is 0 Å². The molecule has 3 N–H and O–H groups in total. The van der Waals surface area contributed by atoms with Gasteiger partial charge in [0.05, 0.1) is 23.5 Å². The van der Waals surface area contributed by atoms with E-state index in [2.05, 4.69) is 45.3 Å². The Morgan fingerprint density at radius 2 is 2.16 bits per heavy atom. The molecule has 1 aliphatic rings. The van der Waals surface area contributed by atoms with E-state index in [9.17, 15) is 9.90 Å². The predicted molar refractivity (Wildman–Crippen MR) is 123 cm³/mol. The first kappa shape index (κ1) is 20.4. The number of carbonyl (C=O) groups is 1. The SMILES string of the molecule is CNc1cc(-c2cn(C(C)C)c3ncccc23)nc2c(C(=O)N[C@H]3CC[C@@]3(C)O)cnn12. The van der Waals surface area contributed by atoms with Crippen LogP contribution < -0.4 is 10.6 Å². The molecule has 2 atom stereocenters. The molecule has 0 spiro atoms. The van der Waals surface area contributed by atoms with Crippen molar-refractivity contribution in [3.63, 3.8) is 0 Å². The van der Waals surface area contributed by atoms with Crippen LogP contribution in [-0.2, 0) is 0 Å². The van der Waals surface area contributed by atoms with Gasteiger partial charge >= 0.3 is 0 Å². The van der Waals surface area contributed by atoms with Crippen molar-refractivity contribution in [2.75, 3.05) is 12.4 Å². The summed E-state index contributed by atoms with van der Waals surface area (Å²) in [6, 6.07) is 5.83. The molecule has 0 unspecified atom stereocenters. The zero-order valence-corrected chi connectivity index (χ0v) is 18.6. The lowest BCUT2D eigenvalue weighted by atomic mass is 9.76. The Labute approximate surface area is 185 Å². The molecule has 1 saturated carbocycles. The highest BCUT2D eigenvalue weighted by atomic mass is 16.3. The van der Waals surface area contributed by atoms with Gasteiger partial charge in [0.2, 0.25) is 0 Å². The summed E-state index contributed by atoms with van der Waals surface area (Å²) < 4.78 is 3.75. The maximum absolute atomic E-state index is 13.0. The van der Waals surface area contributed by atoms with Gasteiger partial charge in [-0.2, -0.15) is 9.61 Å². The number of hydrogen-bond acceptors (Lipinski definition) is 6. The second-order valence-corrected chi connectivity index (χ2v) is 8.91. The van der Waals surface area contributed by atoms with Gasteiger partial charge in [0.25, 0.3) is 5.91 Å².